The van der Waals surface area contributed by atoms with Gasteiger partial charge in [0.15, 0.2) is 5.96 Å². The molecule has 1 amide bonds. The molecule has 2 N–H and O–H groups in total. The average Bonchev–Trinajstić information content (AvgIpc) is 3.16. The molecule has 2 aromatic carbocycles. The monoisotopic (exact) mass is 392 g/mol. The second-order valence-electron chi connectivity index (χ2n) is 7.54. The van der Waals surface area contributed by atoms with Crippen molar-refractivity contribution in [3.63, 3.8) is 0 Å². The van der Waals surface area contributed by atoms with Gasteiger partial charge >= 0.3 is 0 Å². The Morgan fingerprint density at radius 2 is 2.07 bits per heavy atom. The number of guanidine groups is 1. The molecule has 1 atom stereocenters. The zero-order valence-electron chi connectivity index (χ0n) is 16.9. The van der Waals surface area contributed by atoms with Crippen LogP contribution in [-0.2, 0) is 17.9 Å². The fourth-order valence-electron chi connectivity index (χ4n) is 3.97. The molecule has 6 nitrogen and oxygen atoms in total. The molecule has 0 saturated carbocycles. The minimum atomic E-state index is 0.179. The SMILES string of the molecule is CN=C(NCc1cccc(CN2CCCC2=O)c1)NC1CCOc2ccccc21. The highest BCUT2D eigenvalue weighted by Crippen LogP contribution is 2.31. The van der Waals surface area contributed by atoms with Gasteiger partial charge in [0.25, 0.3) is 0 Å². The molecule has 0 spiro atoms. The summed E-state index contributed by atoms with van der Waals surface area (Å²) in [6.45, 7) is 2.93. The summed E-state index contributed by atoms with van der Waals surface area (Å²) in [6, 6.07) is 16.7. The quantitative estimate of drug-likeness (QED) is 0.606. The predicted octanol–water partition coefficient (Wildman–Crippen LogP) is 3.00. The van der Waals surface area contributed by atoms with Crippen molar-refractivity contribution in [3.05, 3.63) is 65.2 Å². The molecule has 1 saturated heterocycles. The zero-order chi connectivity index (χ0) is 20.1. The van der Waals surface area contributed by atoms with E-state index in [4.69, 9.17) is 4.74 Å². The molecule has 0 bridgehead atoms. The lowest BCUT2D eigenvalue weighted by Gasteiger charge is -2.28. The second-order valence-corrected chi connectivity index (χ2v) is 7.54. The van der Waals surface area contributed by atoms with Gasteiger partial charge in [-0.25, -0.2) is 0 Å². The van der Waals surface area contributed by atoms with Crippen LogP contribution >= 0.6 is 0 Å². The molecule has 6 heteroatoms. The van der Waals surface area contributed by atoms with Crippen molar-refractivity contribution in [1.82, 2.24) is 15.5 Å². The van der Waals surface area contributed by atoms with Crippen LogP contribution in [0.15, 0.2) is 53.5 Å². The normalized spacial score (nSPS) is 18.9. The number of hydrogen-bond donors (Lipinski definition) is 2. The lowest BCUT2D eigenvalue weighted by atomic mass is 10.0. The Morgan fingerprint density at radius 1 is 1.21 bits per heavy atom. The van der Waals surface area contributed by atoms with Crippen molar-refractivity contribution < 1.29 is 9.53 Å². The molecule has 152 valence electrons. The molecule has 2 aromatic rings. The fraction of sp³-hybridized carbons (Fsp3) is 0.391. The summed E-state index contributed by atoms with van der Waals surface area (Å²) >= 11 is 0. The number of nitrogens with one attached hydrogen (secondary N) is 2. The molecule has 4 rings (SSSR count). The maximum absolute atomic E-state index is 11.9. The summed E-state index contributed by atoms with van der Waals surface area (Å²) in [5.74, 6) is 1.97. The van der Waals surface area contributed by atoms with E-state index >= 15 is 0 Å². The Bertz CT molecular complexity index is 896. The number of likely N-dealkylation sites (tertiary alicyclic amines) is 1. The Labute approximate surface area is 172 Å². The minimum Gasteiger partial charge on any atom is -0.493 e. The number of hydrogen-bond acceptors (Lipinski definition) is 3. The molecule has 2 heterocycles. The van der Waals surface area contributed by atoms with Gasteiger partial charge in [-0.1, -0.05) is 42.5 Å². The van der Waals surface area contributed by atoms with Gasteiger partial charge in [0.2, 0.25) is 5.91 Å². The van der Waals surface area contributed by atoms with E-state index in [1.807, 2.05) is 23.1 Å². The Hall–Kier alpha value is -3.02. The molecule has 1 unspecified atom stereocenters. The molecule has 29 heavy (non-hydrogen) atoms. The number of carbonyl (C=O) groups is 1. The number of fused-ring (bicyclic) bond motifs is 1. The number of carbonyl (C=O) groups excluding carboxylic acids is 1. The molecule has 0 aliphatic carbocycles. The van der Waals surface area contributed by atoms with Gasteiger partial charge in [0.05, 0.1) is 12.6 Å². The van der Waals surface area contributed by atoms with Crippen molar-refractivity contribution in [2.75, 3.05) is 20.2 Å². The molecule has 1 fully saturated rings. The van der Waals surface area contributed by atoms with Crippen LogP contribution in [0.4, 0.5) is 0 Å². The van der Waals surface area contributed by atoms with Crippen molar-refractivity contribution in [3.8, 4) is 5.75 Å². The standard InChI is InChI=1S/C23H28N4O2/c1-24-23(26-20-11-13-29-21-9-3-2-8-19(20)21)25-15-17-6-4-7-18(14-17)16-27-12-5-10-22(27)28/h2-4,6-9,14,20H,5,10-13,15-16H2,1H3,(H2,24,25,26). The summed E-state index contributed by atoms with van der Waals surface area (Å²) < 4.78 is 5.75. The molecule has 2 aliphatic rings. The smallest absolute Gasteiger partial charge is 0.222 e. The van der Waals surface area contributed by atoms with E-state index in [0.717, 1.165) is 31.1 Å². The van der Waals surface area contributed by atoms with Gasteiger partial charge < -0.3 is 20.3 Å². The van der Waals surface area contributed by atoms with Crippen molar-refractivity contribution in [2.45, 2.75) is 38.4 Å². The number of aliphatic imine (C=N–C) groups is 1. The Kier molecular flexibility index (Phi) is 5.98. The first-order chi connectivity index (χ1) is 14.2. The average molecular weight is 393 g/mol. The van der Waals surface area contributed by atoms with E-state index in [-0.39, 0.29) is 11.9 Å². The minimum absolute atomic E-state index is 0.179. The summed E-state index contributed by atoms with van der Waals surface area (Å²) in [5.41, 5.74) is 3.50. The fourth-order valence-corrected chi connectivity index (χ4v) is 3.97. The van der Waals surface area contributed by atoms with Crippen LogP contribution in [0.3, 0.4) is 0 Å². The highest BCUT2D eigenvalue weighted by molar-refractivity contribution is 5.80. The van der Waals surface area contributed by atoms with Crippen LogP contribution in [0, 0.1) is 0 Å². The molecule has 0 aromatic heterocycles. The van der Waals surface area contributed by atoms with Gasteiger partial charge in [-0.15, -0.1) is 0 Å². The largest absolute Gasteiger partial charge is 0.493 e. The third-order valence-electron chi connectivity index (χ3n) is 5.49. The number of ether oxygens (including phenoxy) is 1. The Balaban J connectivity index is 1.36. The van der Waals surface area contributed by atoms with E-state index in [9.17, 15) is 4.79 Å². The van der Waals surface area contributed by atoms with E-state index in [1.165, 1.54) is 16.7 Å². The van der Waals surface area contributed by atoms with Gasteiger partial charge in [0.1, 0.15) is 5.75 Å². The lowest BCUT2D eigenvalue weighted by Crippen LogP contribution is -2.40. The van der Waals surface area contributed by atoms with Crippen LogP contribution in [0.5, 0.6) is 5.75 Å². The maximum atomic E-state index is 11.9. The Morgan fingerprint density at radius 3 is 2.90 bits per heavy atom. The number of nitrogens with zero attached hydrogens (tertiary/aromatic N) is 2. The van der Waals surface area contributed by atoms with E-state index < -0.39 is 0 Å². The number of rotatable bonds is 5. The maximum Gasteiger partial charge on any atom is 0.222 e. The van der Waals surface area contributed by atoms with Gasteiger partial charge in [0, 0.05) is 45.1 Å². The van der Waals surface area contributed by atoms with Gasteiger partial charge in [-0.3, -0.25) is 9.79 Å². The molecular formula is C23H28N4O2. The number of amides is 1. The first-order valence-corrected chi connectivity index (χ1v) is 10.3. The van der Waals surface area contributed by atoms with Crippen LogP contribution in [0.2, 0.25) is 0 Å². The summed E-state index contributed by atoms with van der Waals surface area (Å²) in [5, 5.41) is 6.93. The van der Waals surface area contributed by atoms with Gasteiger partial charge in [-0.05, 0) is 23.6 Å². The van der Waals surface area contributed by atoms with Crippen LogP contribution < -0.4 is 15.4 Å². The van der Waals surface area contributed by atoms with E-state index in [2.05, 4.69) is 46.0 Å². The highest BCUT2D eigenvalue weighted by Gasteiger charge is 2.22. The zero-order valence-corrected chi connectivity index (χ0v) is 16.9. The lowest BCUT2D eigenvalue weighted by molar-refractivity contribution is -0.128. The molecule has 0 radical (unpaired) electrons. The van der Waals surface area contributed by atoms with Crippen LogP contribution in [0.25, 0.3) is 0 Å². The second kappa shape index (κ2) is 8.99. The molecular weight excluding hydrogens is 364 g/mol. The van der Waals surface area contributed by atoms with Gasteiger partial charge in [-0.2, -0.15) is 0 Å². The third-order valence-corrected chi connectivity index (χ3v) is 5.49. The highest BCUT2D eigenvalue weighted by atomic mass is 16.5. The number of para-hydroxylation sites is 1. The number of benzene rings is 2. The van der Waals surface area contributed by atoms with Crippen molar-refractivity contribution >= 4 is 11.9 Å². The first kappa shape index (κ1) is 19.3. The third kappa shape index (κ3) is 4.70. The van der Waals surface area contributed by atoms with Crippen LogP contribution in [0.1, 0.15) is 42.0 Å². The summed E-state index contributed by atoms with van der Waals surface area (Å²) in [6.07, 6.45) is 2.55. The van der Waals surface area contributed by atoms with Crippen molar-refractivity contribution in [1.29, 1.82) is 0 Å². The van der Waals surface area contributed by atoms with Crippen LogP contribution in [-0.4, -0.2) is 37.0 Å². The molecule has 2 aliphatic heterocycles. The summed E-state index contributed by atoms with van der Waals surface area (Å²) in [7, 11) is 1.79. The topological polar surface area (TPSA) is 66.0 Å². The van der Waals surface area contributed by atoms with E-state index in [1.54, 1.807) is 7.05 Å². The first-order valence-electron chi connectivity index (χ1n) is 10.3. The summed E-state index contributed by atoms with van der Waals surface area (Å²) in [4.78, 5) is 18.2. The predicted molar refractivity (Wildman–Crippen MR) is 114 cm³/mol. The van der Waals surface area contributed by atoms with Crippen molar-refractivity contribution in [2.24, 2.45) is 4.99 Å². The van der Waals surface area contributed by atoms with E-state index in [0.29, 0.717) is 26.1 Å².